The third-order valence-electron chi connectivity index (χ3n) is 5.59. The molecule has 5 rings (SSSR count). The first-order chi connectivity index (χ1) is 15.1. The van der Waals surface area contributed by atoms with Gasteiger partial charge in [0.1, 0.15) is 11.6 Å². The van der Waals surface area contributed by atoms with Crippen LogP contribution in [0.25, 0.3) is 0 Å². The molecule has 0 radical (unpaired) electrons. The lowest BCUT2D eigenvalue weighted by atomic mass is 9.90. The molecule has 2 saturated heterocycles. The minimum atomic E-state index is -1.07. The number of nitro groups is 1. The first-order valence-electron chi connectivity index (χ1n) is 9.75. The van der Waals surface area contributed by atoms with Crippen molar-refractivity contribution >= 4 is 28.9 Å². The molecular weight excluding hydrogens is 398 g/mol. The summed E-state index contributed by atoms with van der Waals surface area (Å²) in [5.74, 6) is -1.96. The van der Waals surface area contributed by atoms with Gasteiger partial charge in [-0.1, -0.05) is 60.7 Å². The van der Waals surface area contributed by atoms with Crippen molar-refractivity contribution in [2.45, 2.75) is 12.1 Å². The largest absolute Gasteiger partial charge is 0.293 e. The van der Waals surface area contributed by atoms with Crippen LogP contribution in [0.4, 0.5) is 17.1 Å². The molecule has 8 nitrogen and oxygen atoms in total. The smallest absolute Gasteiger partial charge is 0.273 e. The Bertz CT molecular complexity index is 1170. The molecule has 31 heavy (non-hydrogen) atoms. The number of hydroxylamine groups is 1. The molecule has 0 spiro atoms. The summed E-state index contributed by atoms with van der Waals surface area (Å²) in [5.41, 5.74) is 1.17. The number of fused-ring (bicyclic) bond motifs is 1. The van der Waals surface area contributed by atoms with Gasteiger partial charge in [-0.25, -0.2) is 9.96 Å². The van der Waals surface area contributed by atoms with Crippen LogP contribution in [0, 0.1) is 16.0 Å². The van der Waals surface area contributed by atoms with E-state index in [9.17, 15) is 19.7 Å². The van der Waals surface area contributed by atoms with E-state index in [-0.39, 0.29) is 11.4 Å². The Hall–Kier alpha value is -4.04. The van der Waals surface area contributed by atoms with Gasteiger partial charge in [-0.2, -0.15) is 0 Å². The Labute approximate surface area is 177 Å². The summed E-state index contributed by atoms with van der Waals surface area (Å²) >= 11 is 0. The van der Waals surface area contributed by atoms with Crippen molar-refractivity contribution in [3.63, 3.8) is 0 Å². The zero-order chi connectivity index (χ0) is 21.5. The van der Waals surface area contributed by atoms with E-state index in [1.807, 2.05) is 60.7 Å². The van der Waals surface area contributed by atoms with E-state index < -0.39 is 34.8 Å². The van der Waals surface area contributed by atoms with Gasteiger partial charge in [0, 0.05) is 6.07 Å². The highest BCUT2D eigenvalue weighted by Crippen LogP contribution is 2.48. The molecule has 2 heterocycles. The Morgan fingerprint density at radius 2 is 1.42 bits per heavy atom. The molecule has 2 amide bonds. The minimum absolute atomic E-state index is 0.0430. The van der Waals surface area contributed by atoms with E-state index >= 15 is 0 Å². The molecule has 3 aromatic carbocycles. The Morgan fingerprint density at radius 3 is 2.10 bits per heavy atom. The standard InChI is InChI=1S/C23H17N3O5/c27-22-19-20(15-9-3-1-4-10-15)25(16-11-5-2-6-12-16)31-21(19)23(28)24(22)17-13-7-8-14-18(17)26(29)30/h1-14,19-21H/t19-,20-,21-/m1/s1. The number of nitro benzene ring substituents is 1. The third kappa shape index (κ3) is 2.96. The van der Waals surface area contributed by atoms with Crippen molar-refractivity contribution in [3.8, 4) is 0 Å². The molecule has 3 atom stereocenters. The maximum atomic E-state index is 13.5. The topological polar surface area (TPSA) is 93.0 Å². The lowest BCUT2D eigenvalue weighted by Gasteiger charge is -2.28. The second-order valence-corrected chi connectivity index (χ2v) is 7.33. The Kier molecular flexibility index (Phi) is 4.48. The number of para-hydroxylation sites is 3. The van der Waals surface area contributed by atoms with Crippen molar-refractivity contribution in [1.29, 1.82) is 0 Å². The number of amides is 2. The number of hydrogen-bond acceptors (Lipinski definition) is 6. The molecule has 2 fully saturated rings. The van der Waals surface area contributed by atoms with E-state index in [4.69, 9.17) is 4.84 Å². The number of carbonyl (C=O) groups excluding carboxylic acids is 2. The average Bonchev–Trinajstić information content (AvgIpc) is 3.31. The second kappa shape index (κ2) is 7.33. The summed E-state index contributed by atoms with van der Waals surface area (Å²) in [4.78, 5) is 44.6. The summed E-state index contributed by atoms with van der Waals surface area (Å²) in [6.07, 6.45) is -1.07. The van der Waals surface area contributed by atoms with Crippen LogP contribution in [0.1, 0.15) is 11.6 Å². The molecule has 2 aliphatic heterocycles. The molecule has 0 aromatic heterocycles. The lowest BCUT2D eigenvalue weighted by molar-refractivity contribution is -0.384. The normalized spacial score (nSPS) is 22.6. The van der Waals surface area contributed by atoms with Crippen molar-refractivity contribution in [1.82, 2.24) is 0 Å². The van der Waals surface area contributed by atoms with Gasteiger partial charge >= 0.3 is 0 Å². The fourth-order valence-electron chi connectivity index (χ4n) is 4.25. The van der Waals surface area contributed by atoms with Crippen molar-refractivity contribution < 1.29 is 19.3 Å². The molecule has 0 aliphatic carbocycles. The predicted molar refractivity (Wildman–Crippen MR) is 112 cm³/mol. The van der Waals surface area contributed by atoms with Crippen LogP contribution in [-0.4, -0.2) is 22.8 Å². The van der Waals surface area contributed by atoms with Crippen LogP contribution in [0.3, 0.4) is 0 Å². The summed E-state index contributed by atoms with van der Waals surface area (Å²) < 4.78 is 0. The zero-order valence-electron chi connectivity index (χ0n) is 16.2. The predicted octanol–water partition coefficient (Wildman–Crippen LogP) is 3.65. The number of imide groups is 1. The first kappa shape index (κ1) is 19.0. The van der Waals surface area contributed by atoms with E-state index in [2.05, 4.69) is 0 Å². The van der Waals surface area contributed by atoms with Crippen molar-refractivity contribution in [3.05, 3.63) is 101 Å². The number of benzene rings is 3. The molecule has 8 heteroatoms. The summed E-state index contributed by atoms with van der Waals surface area (Å²) in [5, 5.41) is 13.1. The van der Waals surface area contributed by atoms with Crippen LogP contribution in [-0.2, 0) is 14.4 Å². The summed E-state index contributed by atoms with van der Waals surface area (Å²) in [6, 6.07) is 23.7. The van der Waals surface area contributed by atoms with Gasteiger partial charge in [0.15, 0.2) is 6.10 Å². The van der Waals surface area contributed by atoms with Gasteiger partial charge in [-0.3, -0.25) is 24.5 Å². The second-order valence-electron chi connectivity index (χ2n) is 7.33. The molecule has 3 aromatic rings. The van der Waals surface area contributed by atoms with Crippen molar-refractivity contribution in [2.75, 3.05) is 9.96 Å². The van der Waals surface area contributed by atoms with Gasteiger partial charge < -0.3 is 0 Å². The molecule has 2 aliphatic rings. The zero-order valence-corrected chi connectivity index (χ0v) is 16.2. The summed E-state index contributed by atoms with van der Waals surface area (Å²) in [6.45, 7) is 0. The highest BCUT2D eigenvalue weighted by molar-refractivity contribution is 6.24. The van der Waals surface area contributed by atoms with Crippen LogP contribution in [0.5, 0.6) is 0 Å². The van der Waals surface area contributed by atoms with E-state index in [1.165, 1.54) is 18.2 Å². The Balaban J connectivity index is 1.60. The molecule has 0 N–H and O–H groups in total. The van der Waals surface area contributed by atoms with Crippen LogP contribution in [0.15, 0.2) is 84.9 Å². The van der Waals surface area contributed by atoms with Gasteiger partial charge in [0.25, 0.3) is 11.6 Å². The Morgan fingerprint density at radius 1 is 0.806 bits per heavy atom. The van der Waals surface area contributed by atoms with Gasteiger partial charge in [0.2, 0.25) is 5.91 Å². The quantitative estimate of drug-likeness (QED) is 0.367. The maximum Gasteiger partial charge on any atom is 0.293 e. The molecule has 0 unspecified atom stereocenters. The van der Waals surface area contributed by atoms with E-state index in [0.717, 1.165) is 10.5 Å². The average molecular weight is 415 g/mol. The minimum Gasteiger partial charge on any atom is -0.273 e. The maximum absolute atomic E-state index is 13.5. The first-order valence-corrected chi connectivity index (χ1v) is 9.75. The molecule has 0 saturated carbocycles. The number of hydrogen-bond donors (Lipinski definition) is 0. The van der Waals surface area contributed by atoms with E-state index in [0.29, 0.717) is 5.69 Å². The summed E-state index contributed by atoms with van der Waals surface area (Å²) in [7, 11) is 0. The lowest BCUT2D eigenvalue weighted by Crippen LogP contribution is -2.37. The number of anilines is 2. The number of carbonyl (C=O) groups is 2. The number of rotatable bonds is 4. The fourth-order valence-corrected chi connectivity index (χ4v) is 4.25. The highest BCUT2D eigenvalue weighted by Gasteiger charge is 2.61. The van der Waals surface area contributed by atoms with Crippen LogP contribution < -0.4 is 9.96 Å². The van der Waals surface area contributed by atoms with Crippen LogP contribution in [0.2, 0.25) is 0 Å². The molecule has 154 valence electrons. The van der Waals surface area contributed by atoms with Crippen molar-refractivity contribution in [2.24, 2.45) is 5.92 Å². The number of nitrogens with zero attached hydrogens (tertiary/aromatic N) is 3. The van der Waals surface area contributed by atoms with Gasteiger partial charge in [-0.15, -0.1) is 0 Å². The van der Waals surface area contributed by atoms with E-state index in [1.54, 1.807) is 11.1 Å². The third-order valence-corrected chi connectivity index (χ3v) is 5.59. The van der Waals surface area contributed by atoms with Gasteiger partial charge in [-0.05, 0) is 23.8 Å². The SMILES string of the molecule is O=C1[C@@H]2[C@@H](c3ccccc3)N(c3ccccc3)O[C@H]2C(=O)N1c1ccccc1[N+](=O)[O-]. The monoisotopic (exact) mass is 415 g/mol. The molecule has 0 bridgehead atoms. The van der Waals surface area contributed by atoms with Gasteiger partial charge in [0.05, 0.1) is 16.7 Å². The highest BCUT2D eigenvalue weighted by atomic mass is 16.7. The van der Waals surface area contributed by atoms with Crippen LogP contribution >= 0.6 is 0 Å². The fraction of sp³-hybridized carbons (Fsp3) is 0.130. The molecular formula is C23H17N3O5.